The highest BCUT2D eigenvalue weighted by Crippen LogP contribution is 2.24. The molecule has 3 rings (SSSR count). The van der Waals surface area contributed by atoms with E-state index in [1.165, 1.54) is 4.90 Å². The maximum Gasteiger partial charge on any atom is 0.258 e. The van der Waals surface area contributed by atoms with Gasteiger partial charge in [-0.05, 0) is 38.0 Å². The van der Waals surface area contributed by atoms with Gasteiger partial charge >= 0.3 is 0 Å². The summed E-state index contributed by atoms with van der Waals surface area (Å²) >= 11 is 0. The maximum atomic E-state index is 13.1. The van der Waals surface area contributed by atoms with E-state index in [2.05, 4.69) is 17.5 Å². The molecule has 1 heterocycles. The van der Waals surface area contributed by atoms with Gasteiger partial charge in [0.1, 0.15) is 11.8 Å². The van der Waals surface area contributed by atoms with Gasteiger partial charge < -0.3 is 15.0 Å². The van der Waals surface area contributed by atoms with Crippen LogP contribution in [0.5, 0.6) is 5.75 Å². The number of rotatable bonds is 1. The van der Waals surface area contributed by atoms with Crippen LogP contribution in [0.3, 0.4) is 0 Å². The van der Waals surface area contributed by atoms with E-state index in [1.54, 1.807) is 32.2 Å². The first-order valence-electron chi connectivity index (χ1n) is 10.0. The number of hydrogen-bond donors (Lipinski definition) is 1. The summed E-state index contributed by atoms with van der Waals surface area (Å²) in [6.07, 6.45) is 5.46. The normalized spacial score (nSPS) is 24.7. The van der Waals surface area contributed by atoms with E-state index in [9.17, 15) is 9.59 Å². The van der Waals surface area contributed by atoms with Crippen molar-refractivity contribution >= 4 is 11.8 Å². The van der Waals surface area contributed by atoms with Gasteiger partial charge in [-0.25, -0.2) is 0 Å². The quantitative estimate of drug-likeness (QED) is 0.743. The molecule has 5 nitrogen and oxygen atoms in total. The van der Waals surface area contributed by atoms with Gasteiger partial charge in [0.2, 0.25) is 5.91 Å². The predicted molar refractivity (Wildman–Crippen MR) is 114 cm³/mol. The monoisotopic (exact) mass is 392 g/mol. The summed E-state index contributed by atoms with van der Waals surface area (Å²) in [5.74, 6) is 0.114. The molecule has 0 saturated heterocycles. The molecule has 2 amide bonds. The van der Waals surface area contributed by atoms with Gasteiger partial charge in [-0.3, -0.25) is 9.59 Å². The van der Waals surface area contributed by atoms with Crippen LogP contribution in [0.25, 0.3) is 0 Å². The van der Waals surface area contributed by atoms with Gasteiger partial charge in [0.05, 0.1) is 17.7 Å². The van der Waals surface area contributed by atoms with Gasteiger partial charge in [0, 0.05) is 13.5 Å². The van der Waals surface area contributed by atoms with Gasteiger partial charge in [0.25, 0.3) is 5.91 Å². The van der Waals surface area contributed by atoms with Crippen LogP contribution in [0, 0.1) is 0 Å². The number of likely N-dealkylation sites (N-methyl/N-ethyl adjacent to an activating group) is 1. The molecule has 0 aromatic heterocycles. The second-order valence-electron chi connectivity index (χ2n) is 7.43. The molecule has 0 unspecified atom stereocenters. The van der Waals surface area contributed by atoms with E-state index in [-0.39, 0.29) is 24.0 Å². The summed E-state index contributed by atoms with van der Waals surface area (Å²) < 4.78 is 6.03. The second kappa shape index (κ2) is 9.41. The molecule has 1 aliphatic heterocycles. The summed E-state index contributed by atoms with van der Waals surface area (Å²) in [5, 5.41) is 3.11. The summed E-state index contributed by atoms with van der Waals surface area (Å²) in [6, 6.07) is 16.3. The molecule has 29 heavy (non-hydrogen) atoms. The largest absolute Gasteiger partial charge is 0.490 e. The Kier molecular flexibility index (Phi) is 6.70. The minimum Gasteiger partial charge on any atom is -0.490 e. The van der Waals surface area contributed by atoms with Crippen molar-refractivity contribution in [3.8, 4) is 5.75 Å². The molecule has 1 N–H and O–H groups in total. The van der Waals surface area contributed by atoms with E-state index in [4.69, 9.17) is 4.74 Å². The molecule has 3 atom stereocenters. The summed E-state index contributed by atoms with van der Waals surface area (Å²) in [6.45, 7) is 3.73. The van der Waals surface area contributed by atoms with E-state index >= 15 is 0 Å². The van der Waals surface area contributed by atoms with Crippen LogP contribution in [0.4, 0.5) is 0 Å². The molecule has 0 bridgehead atoms. The van der Waals surface area contributed by atoms with Crippen molar-refractivity contribution in [2.45, 2.75) is 44.9 Å². The number of para-hydroxylation sites is 1. The third-order valence-corrected chi connectivity index (χ3v) is 5.25. The Morgan fingerprint density at radius 3 is 2.34 bits per heavy atom. The Bertz CT molecular complexity index is 879. The van der Waals surface area contributed by atoms with Crippen LogP contribution in [0.1, 0.15) is 48.7 Å². The SMILES string of the molecule is C[C@@H]1C/C=C/C[C@@H](c2ccccc2)NC(=O)[C@@H](C)N(C)C(=O)c2ccccc2O1. The number of amides is 2. The summed E-state index contributed by atoms with van der Waals surface area (Å²) in [5.41, 5.74) is 1.50. The number of carbonyl (C=O) groups excluding carboxylic acids is 2. The molecule has 0 spiro atoms. The average Bonchev–Trinajstić information content (AvgIpc) is 2.74. The van der Waals surface area contributed by atoms with E-state index in [1.807, 2.05) is 43.3 Å². The van der Waals surface area contributed by atoms with Crippen LogP contribution in [-0.4, -0.2) is 35.9 Å². The van der Waals surface area contributed by atoms with Gasteiger partial charge in [-0.15, -0.1) is 0 Å². The Hall–Kier alpha value is -3.08. The highest BCUT2D eigenvalue weighted by molar-refractivity contribution is 5.99. The van der Waals surface area contributed by atoms with Crippen molar-refractivity contribution in [2.24, 2.45) is 0 Å². The Morgan fingerprint density at radius 1 is 0.931 bits per heavy atom. The first kappa shape index (κ1) is 20.6. The minimum absolute atomic E-state index is 0.0735. The zero-order chi connectivity index (χ0) is 20.8. The number of nitrogens with zero attached hydrogens (tertiary/aromatic N) is 1. The molecule has 0 aliphatic carbocycles. The van der Waals surface area contributed by atoms with Crippen LogP contribution in [0.15, 0.2) is 66.7 Å². The topological polar surface area (TPSA) is 58.6 Å². The van der Waals surface area contributed by atoms with Crippen LogP contribution in [0.2, 0.25) is 0 Å². The van der Waals surface area contributed by atoms with Crippen molar-refractivity contribution in [3.63, 3.8) is 0 Å². The van der Waals surface area contributed by atoms with Crippen molar-refractivity contribution in [2.75, 3.05) is 7.05 Å². The van der Waals surface area contributed by atoms with Crippen LogP contribution < -0.4 is 10.1 Å². The molecule has 2 aromatic carbocycles. The van der Waals surface area contributed by atoms with E-state index < -0.39 is 6.04 Å². The highest BCUT2D eigenvalue weighted by atomic mass is 16.5. The Labute approximate surface area is 172 Å². The second-order valence-corrected chi connectivity index (χ2v) is 7.43. The molecule has 1 aliphatic rings. The predicted octanol–water partition coefficient (Wildman–Crippen LogP) is 4.12. The van der Waals surface area contributed by atoms with Crippen molar-refractivity contribution in [1.29, 1.82) is 0 Å². The van der Waals surface area contributed by atoms with Crippen LogP contribution >= 0.6 is 0 Å². The average molecular weight is 392 g/mol. The molecule has 152 valence electrons. The van der Waals surface area contributed by atoms with Crippen molar-refractivity contribution in [3.05, 3.63) is 77.9 Å². The lowest BCUT2D eigenvalue weighted by Crippen LogP contribution is -2.47. The molecular formula is C24H28N2O3. The first-order valence-corrected chi connectivity index (χ1v) is 10.0. The lowest BCUT2D eigenvalue weighted by molar-refractivity contribution is -0.125. The number of nitrogens with one attached hydrogen (secondary N) is 1. The zero-order valence-corrected chi connectivity index (χ0v) is 17.2. The molecule has 2 aromatic rings. The number of hydrogen-bond acceptors (Lipinski definition) is 3. The number of ether oxygens (including phenoxy) is 1. The molecular weight excluding hydrogens is 364 g/mol. The number of carbonyl (C=O) groups is 2. The highest BCUT2D eigenvalue weighted by Gasteiger charge is 2.27. The Balaban J connectivity index is 1.92. The lowest BCUT2D eigenvalue weighted by Gasteiger charge is -2.28. The van der Waals surface area contributed by atoms with Crippen LogP contribution in [-0.2, 0) is 4.79 Å². The van der Waals surface area contributed by atoms with Gasteiger partial charge in [-0.1, -0.05) is 54.6 Å². The van der Waals surface area contributed by atoms with Gasteiger partial charge in [0.15, 0.2) is 0 Å². The fourth-order valence-electron chi connectivity index (χ4n) is 3.33. The molecule has 0 radical (unpaired) electrons. The van der Waals surface area contributed by atoms with E-state index in [0.29, 0.717) is 24.2 Å². The van der Waals surface area contributed by atoms with E-state index in [0.717, 1.165) is 5.56 Å². The van der Waals surface area contributed by atoms with Gasteiger partial charge in [-0.2, -0.15) is 0 Å². The van der Waals surface area contributed by atoms with Crippen molar-refractivity contribution < 1.29 is 14.3 Å². The maximum absolute atomic E-state index is 13.1. The minimum atomic E-state index is -0.619. The Morgan fingerprint density at radius 2 is 1.59 bits per heavy atom. The first-order chi connectivity index (χ1) is 14.0. The smallest absolute Gasteiger partial charge is 0.258 e. The molecule has 0 saturated carbocycles. The molecule has 0 fully saturated rings. The fourth-order valence-corrected chi connectivity index (χ4v) is 3.33. The third kappa shape index (κ3) is 5.05. The summed E-state index contributed by atoms with van der Waals surface area (Å²) in [7, 11) is 1.65. The zero-order valence-electron chi connectivity index (χ0n) is 17.2. The standard InChI is InChI=1S/C24H28N2O3/c1-17-11-7-9-15-21(19-12-5-4-6-13-19)25-23(27)18(2)26(3)24(28)20-14-8-10-16-22(20)29-17/h4-10,12-14,16-18,21H,11,15H2,1-3H3,(H,25,27)/b9-7+/t17-,18-,21+/m1/s1. The summed E-state index contributed by atoms with van der Waals surface area (Å²) in [4.78, 5) is 27.5. The number of fused-ring (bicyclic) bond motifs is 1. The lowest BCUT2D eigenvalue weighted by atomic mass is 10.0. The third-order valence-electron chi connectivity index (χ3n) is 5.25. The van der Waals surface area contributed by atoms with Crippen molar-refractivity contribution in [1.82, 2.24) is 10.2 Å². The number of benzene rings is 2. The molecule has 5 heteroatoms. The fraction of sp³-hybridized carbons (Fsp3) is 0.333.